The first-order valence-corrected chi connectivity index (χ1v) is 8.52. The molecule has 0 unspecified atom stereocenters. The Bertz CT molecular complexity index is 727. The first-order valence-electron chi connectivity index (χ1n) is 8.52. The summed E-state index contributed by atoms with van der Waals surface area (Å²) in [6.07, 6.45) is 3.61. The molecule has 0 atom stereocenters. The molecule has 1 aromatic heterocycles. The van der Waals surface area contributed by atoms with Gasteiger partial charge in [-0.2, -0.15) is 0 Å². The summed E-state index contributed by atoms with van der Waals surface area (Å²) in [5.41, 5.74) is 1.31. The van der Waals surface area contributed by atoms with Crippen molar-refractivity contribution in [2.45, 2.75) is 18.9 Å². The lowest BCUT2D eigenvalue weighted by atomic mass is 10.0. The van der Waals surface area contributed by atoms with Crippen LogP contribution in [0.5, 0.6) is 5.75 Å². The average Bonchev–Trinajstić information content (AvgIpc) is 2.64. The number of piperidine rings is 1. The molecule has 6 nitrogen and oxygen atoms in total. The normalized spacial score (nSPS) is 15.6. The number of methoxy groups -OCH3 is 1. The van der Waals surface area contributed by atoms with E-state index in [1.807, 2.05) is 24.3 Å². The van der Waals surface area contributed by atoms with Gasteiger partial charge in [0.2, 0.25) is 0 Å². The molecule has 0 aliphatic carbocycles. The lowest BCUT2D eigenvalue weighted by Crippen LogP contribution is -2.43. The fourth-order valence-electron chi connectivity index (χ4n) is 2.98. The van der Waals surface area contributed by atoms with Crippen molar-refractivity contribution in [2.24, 2.45) is 0 Å². The van der Waals surface area contributed by atoms with Gasteiger partial charge in [-0.1, -0.05) is 12.1 Å². The van der Waals surface area contributed by atoms with Crippen molar-refractivity contribution in [1.29, 1.82) is 0 Å². The van der Waals surface area contributed by atoms with Crippen LogP contribution in [0.25, 0.3) is 0 Å². The number of rotatable bonds is 5. The first kappa shape index (κ1) is 17.2. The fraction of sp³-hybridized carbons (Fsp3) is 0.368. The summed E-state index contributed by atoms with van der Waals surface area (Å²) in [6.45, 7) is 2.01. The number of aromatic nitrogens is 1. The van der Waals surface area contributed by atoms with Crippen molar-refractivity contribution in [3.8, 4) is 5.75 Å². The third kappa shape index (κ3) is 4.28. The molecule has 132 valence electrons. The first-order chi connectivity index (χ1) is 12.2. The van der Waals surface area contributed by atoms with Gasteiger partial charge >= 0.3 is 0 Å². The third-order valence-electron chi connectivity index (χ3n) is 4.47. The van der Waals surface area contributed by atoms with Crippen LogP contribution in [-0.4, -0.2) is 49.1 Å². The monoisotopic (exact) mass is 340 g/mol. The lowest BCUT2D eigenvalue weighted by molar-refractivity contribution is 0.0917. The van der Waals surface area contributed by atoms with E-state index < -0.39 is 0 Å². The van der Waals surface area contributed by atoms with E-state index in [9.17, 15) is 4.79 Å². The number of amides is 1. The third-order valence-corrected chi connectivity index (χ3v) is 4.47. The van der Waals surface area contributed by atoms with E-state index in [1.54, 1.807) is 25.4 Å². The molecule has 0 bridgehead atoms. The summed E-state index contributed by atoms with van der Waals surface area (Å²) in [6, 6.07) is 11.3. The fourth-order valence-corrected chi connectivity index (χ4v) is 2.98. The van der Waals surface area contributed by atoms with Crippen LogP contribution >= 0.6 is 0 Å². The minimum Gasteiger partial charge on any atom is -0.495 e. The predicted octanol–water partition coefficient (Wildman–Crippen LogP) is 2.66. The van der Waals surface area contributed by atoms with E-state index in [2.05, 4.69) is 27.6 Å². The van der Waals surface area contributed by atoms with Gasteiger partial charge in [-0.25, -0.2) is 4.98 Å². The standard InChI is InChI=1S/C19H24N4O2/c1-23-12-9-14(10-13-23)21-19(24)15-6-5-11-20-18(15)22-16-7-3-4-8-17(16)25-2/h3-8,11,14H,9-10,12-13H2,1-2H3,(H,20,22)(H,21,24). The zero-order valence-corrected chi connectivity index (χ0v) is 14.7. The van der Waals surface area contributed by atoms with Crippen molar-refractivity contribution in [2.75, 3.05) is 32.6 Å². The molecule has 3 rings (SSSR count). The molecule has 0 radical (unpaired) electrons. The van der Waals surface area contributed by atoms with Gasteiger partial charge in [0, 0.05) is 12.2 Å². The minimum absolute atomic E-state index is 0.0972. The maximum absolute atomic E-state index is 12.7. The zero-order chi connectivity index (χ0) is 17.6. The molecule has 1 aliphatic heterocycles. The molecule has 1 fully saturated rings. The van der Waals surface area contributed by atoms with Gasteiger partial charge in [0.25, 0.3) is 5.91 Å². The van der Waals surface area contributed by atoms with Crippen LogP contribution in [0, 0.1) is 0 Å². The molecule has 0 spiro atoms. The molecule has 2 heterocycles. The van der Waals surface area contributed by atoms with E-state index in [0.717, 1.165) is 31.6 Å². The molecular weight excluding hydrogens is 316 g/mol. The van der Waals surface area contributed by atoms with Crippen molar-refractivity contribution < 1.29 is 9.53 Å². The predicted molar refractivity (Wildman–Crippen MR) is 98.5 cm³/mol. The van der Waals surface area contributed by atoms with Crippen molar-refractivity contribution >= 4 is 17.4 Å². The van der Waals surface area contributed by atoms with Crippen LogP contribution in [-0.2, 0) is 0 Å². The summed E-state index contributed by atoms with van der Waals surface area (Å²) in [5, 5.41) is 6.35. The Morgan fingerprint density at radius 2 is 1.96 bits per heavy atom. The van der Waals surface area contributed by atoms with Gasteiger partial charge in [-0.15, -0.1) is 0 Å². The van der Waals surface area contributed by atoms with E-state index in [1.165, 1.54) is 0 Å². The smallest absolute Gasteiger partial charge is 0.255 e. The topological polar surface area (TPSA) is 66.5 Å². The maximum atomic E-state index is 12.7. The van der Waals surface area contributed by atoms with Gasteiger partial charge in [0.05, 0.1) is 18.4 Å². The van der Waals surface area contributed by atoms with Gasteiger partial charge < -0.3 is 20.3 Å². The molecule has 2 N–H and O–H groups in total. The largest absolute Gasteiger partial charge is 0.495 e. The number of likely N-dealkylation sites (tertiary alicyclic amines) is 1. The summed E-state index contributed by atoms with van der Waals surface area (Å²) < 4.78 is 5.35. The number of carbonyl (C=O) groups is 1. The molecule has 1 saturated heterocycles. The van der Waals surface area contributed by atoms with Crippen molar-refractivity contribution in [3.63, 3.8) is 0 Å². The number of nitrogens with zero attached hydrogens (tertiary/aromatic N) is 2. The van der Waals surface area contributed by atoms with E-state index >= 15 is 0 Å². The Morgan fingerprint density at radius 3 is 2.72 bits per heavy atom. The van der Waals surface area contributed by atoms with Crippen LogP contribution in [0.1, 0.15) is 23.2 Å². The highest BCUT2D eigenvalue weighted by Gasteiger charge is 2.21. The molecule has 25 heavy (non-hydrogen) atoms. The Hall–Kier alpha value is -2.60. The molecule has 2 aromatic rings. The number of ether oxygens (including phenoxy) is 1. The minimum atomic E-state index is -0.0972. The molecule has 1 aromatic carbocycles. The number of pyridine rings is 1. The number of hydrogen-bond donors (Lipinski definition) is 2. The quantitative estimate of drug-likeness (QED) is 0.876. The van der Waals surface area contributed by atoms with Crippen LogP contribution < -0.4 is 15.4 Å². The Morgan fingerprint density at radius 1 is 1.20 bits per heavy atom. The summed E-state index contributed by atoms with van der Waals surface area (Å²) >= 11 is 0. The Kier molecular flexibility index (Phi) is 5.50. The lowest BCUT2D eigenvalue weighted by Gasteiger charge is -2.29. The molecule has 1 amide bonds. The highest BCUT2D eigenvalue weighted by atomic mass is 16.5. The number of para-hydroxylation sites is 2. The zero-order valence-electron chi connectivity index (χ0n) is 14.7. The van der Waals surface area contributed by atoms with E-state index in [0.29, 0.717) is 17.1 Å². The summed E-state index contributed by atoms with van der Waals surface area (Å²) in [5.74, 6) is 1.13. The van der Waals surface area contributed by atoms with Gasteiger partial charge in [-0.3, -0.25) is 4.79 Å². The average molecular weight is 340 g/mol. The molecule has 1 aliphatic rings. The second-order valence-corrected chi connectivity index (χ2v) is 6.28. The van der Waals surface area contributed by atoms with Crippen LogP contribution in [0.4, 0.5) is 11.5 Å². The maximum Gasteiger partial charge on any atom is 0.255 e. The number of nitrogens with one attached hydrogen (secondary N) is 2. The molecular formula is C19H24N4O2. The van der Waals surface area contributed by atoms with E-state index in [4.69, 9.17) is 4.74 Å². The summed E-state index contributed by atoms with van der Waals surface area (Å²) in [4.78, 5) is 19.3. The van der Waals surface area contributed by atoms with Crippen molar-refractivity contribution in [3.05, 3.63) is 48.2 Å². The highest BCUT2D eigenvalue weighted by molar-refractivity contribution is 5.99. The molecule has 0 saturated carbocycles. The van der Waals surface area contributed by atoms with Gasteiger partial charge in [0.1, 0.15) is 11.6 Å². The SMILES string of the molecule is COc1ccccc1Nc1ncccc1C(=O)NC1CCN(C)CC1. The van der Waals surface area contributed by atoms with Crippen LogP contribution in [0.15, 0.2) is 42.6 Å². The Balaban J connectivity index is 1.75. The van der Waals surface area contributed by atoms with Crippen molar-refractivity contribution in [1.82, 2.24) is 15.2 Å². The van der Waals surface area contributed by atoms with Gasteiger partial charge in [-0.05, 0) is 57.2 Å². The Labute approximate surface area is 148 Å². The number of carbonyl (C=O) groups excluding carboxylic acids is 1. The van der Waals surface area contributed by atoms with Crippen LogP contribution in [0.3, 0.4) is 0 Å². The number of anilines is 2. The van der Waals surface area contributed by atoms with Gasteiger partial charge in [0.15, 0.2) is 0 Å². The number of hydrogen-bond acceptors (Lipinski definition) is 5. The summed E-state index contributed by atoms with van der Waals surface area (Å²) in [7, 11) is 3.72. The second kappa shape index (κ2) is 7.98. The van der Waals surface area contributed by atoms with E-state index in [-0.39, 0.29) is 11.9 Å². The number of benzene rings is 1. The van der Waals surface area contributed by atoms with Crippen LogP contribution in [0.2, 0.25) is 0 Å². The second-order valence-electron chi connectivity index (χ2n) is 6.28. The highest BCUT2D eigenvalue weighted by Crippen LogP contribution is 2.27. The molecule has 6 heteroatoms.